The average molecular weight is 207 g/mol. The quantitative estimate of drug-likeness (QED) is 0.294. The highest BCUT2D eigenvalue weighted by atomic mass is 16.7. The van der Waals surface area contributed by atoms with Crippen molar-refractivity contribution in [2.75, 3.05) is 6.61 Å². The minimum atomic E-state index is -2.37. The van der Waals surface area contributed by atoms with Gasteiger partial charge in [-0.1, -0.05) is 0 Å². The largest absolute Gasteiger partial charge is 0.394 e. The Balaban J connectivity index is 2.89. The summed E-state index contributed by atoms with van der Waals surface area (Å²) in [6.45, 7) is -0.638. The van der Waals surface area contributed by atoms with Crippen LogP contribution in [0.3, 0.4) is 0 Å². The molecule has 0 aliphatic carbocycles. The lowest BCUT2D eigenvalue weighted by Gasteiger charge is -2.43. The number of aliphatic hydroxyl groups excluding tert-OH is 3. The first-order valence-electron chi connectivity index (χ1n) is 4.05. The highest BCUT2D eigenvalue weighted by molar-refractivity contribution is 5.61. The zero-order valence-electron chi connectivity index (χ0n) is 7.28. The molecular formula is C7H13NO6. The summed E-state index contributed by atoms with van der Waals surface area (Å²) in [6.07, 6.45) is -4.18. The normalized spacial score (nSPS) is 48.9. The lowest BCUT2D eigenvalue weighted by atomic mass is 9.92. The van der Waals surface area contributed by atoms with Crippen molar-refractivity contribution in [3.63, 3.8) is 0 Å². The Bertz CT molecular complexity index is 222. The fraction of sp³-hybridized carbons (Fsp3) is 0.857. The van der Waals surface area contributed by atoms with Gasteiger partial charge in [0.2, 0.25) is 5.79 Å². The van der Waals surface area contributed by atoms with Gasteiger partial charge < -0.3 is 30.9 Å². The Hall–Kier alpha value is -0.570. The van der Waals surface area contributed by atoms with Gasteiger partial charge in [0, 0.05) is 0 Å². The van der Waals surface area contributed by atoms with Crippen molar-refractivity contribution in [2.24, 2.45) is 5.73 Å². The number of aldehydes is 1. The number of carbonyl (C=O) groups is 1. The predicted octanol–water partition coefficient (Wildman–Crippen LogP) is -3.69. The Labute approximate surface area is 79.7 Å². The molecule has 7 nitrogen and oxygen atoms in total. The van der Waals surface area contributed by atoms with Crippen molar-refractivity contribution in [2.45, 2.75) is 30.1 Å². The van der Waals surface area contributed by atoms with Gasteiger partial charge in [-0.05, 0) is 0 Å². The molecule has 0 aromatic rings. The van der Waals surface area contributed by atoms with Gasteiger partial charge in [0.05, 0.1) is 12.6 Å². The molecule has 1 aliphatic heterocycles. The highest BCUT2D eigenvalue weighted by Crippen LogP contribution is 2.24. The molecule has 0 radical (unpaired) electrons. The van der Waals surface area contributed by atoms with Crippen LogP contribution in [0, 0.1) is 0 Å². The summed E-state index contributed by atoms with van der Waals surface area (Å²) in [5.41, 5.74) is 5.28. The third kappa shape index (κ3) is 1.65. The number of aliphatic hydroxyl groups is 4. The number of hydrogen-bond acceptors (Lipinski definition) is 7. The molecule has 14 heavy (non-hydrogen) atoms. The Morgan fingerprint density at radius 1 is 1.43 bits per heavy atom. The maximum Gasteiger partial charge on any atom is 0.242 e. The number of ether oxygens (including phenoxy) is 1. The molecule has 1 heterocycles. The molecule has 7 heteroatoms. The predicted molar refractivity (Wildman–Crippen MR) is 43.0 cm³/mol. The van der Waals surface area contributed by atoms with Crippen molar-refractivity contribution in [3.8, 4) is 0 Å². The summed E-state index contributed by atoms with van der Waals surface area (Å²) in [5.74, 6) is -2.37. The lowest BCUT2D eigenvalue weighted by molar-refractivity contribution is -0.291. The molecule has 0 amide bonds. The van der Waals surface area contributed by atoms with E-state index in [-0.39, 0.29) is 6.29 Å². The van der Waals surface area contributed by atoms with E-state index >= 15 is 0 Å². The van der Waals surface area contributed by atoms with Crippen molar-refractivity contribution < 1.29 is 30.0 Å². The van der Waals surface area contributed by atoms with Gasteiger partial charge in [-0.3, -0.25) is 4.79 Å². The summed E-state index contributed by atoms with van der Waals surface area (Å²) in [7, 11) is 0. The maximum atomic E-state index is 10.5. The van der Waals surface area contributed by atoms with E-state index in [1.54, 1.807) is 0 Å². The van der Waals surface area contributed by atoms with Crippen LogP contribution in [-0.2, 0) is 9.53 Å². The minimum absolute atomic E-state index is 0.0232. The van der Waals surface area contributed by atoms with Crippen LogP contribution in [0.4, 0.5) is 0 Å². The van der Waals surface area contributed by atoms with Crippen LogP contribution in [0.5, 0.6) is 0 Å². The number of rotatable bonds is 2. The first-order valence-corrected chi connectivity index (χ1v) is 4.05. The SMILES string of the molecule is N[C@@H]1[C@@H](O)[C@H](O)[C@@H](CO)OC1(O)C=O. The number of hydrogen-bond donors (Lipinski definition) is 5. The summed E-state index contributed by atoms with van der Waals surface area (Å²) in [4.78, 5) is 10.5. The molecule has 82 valence electrons. The van der Waals surface area contributed by atoms with Gasteiger partial charge in [-0.15, -0.1) is 0 Å². The van der Waals surface area contributed by atoms with E-state index in [2.05, 4.69) is 4.74 Å². The summed E-state index contributed by atoms with van der Waals surface area (Å²) in [6, 6.07) is -1.45. The monoisotopic (exact) mass is 207 g/mol. The minimum Gasteiger partial charge on any atom is -0.394 e. The summed E-state index contributed by atoms with van der Waals surface area (Å²) >= 11 is 0. The zero-order valence-corrected chi connectivity index (χ0v) is 7.28. The van der Waals surface area contributed by atoms with E-state index < -0.39 is 36.7 Å². The molecular weight excluding hydrogens is 194 g/mol. The Morgan fingerprint density at radius 3 is 2.43 bits per heavy atom. The van der Waals surface area contributed by atoms with Crippen molar-refractivity contribution in [3.05, 3.63) is 0 Å². The second kappa shape index (κ2) is 3.89. The summed E-state index contributed by atoms with van der Waals surface area (Å²) in [5, 5.41) is 36.8. The molecule has 0 bridgehead atoms. The van der Waals surface area contributed by atoms with E-state index in [9.17, 15) is 20.1 Å². The molecule has 0 aromatic carbocycles. The molecule has 6 N–H and O–H groups in total. The molecule has 0 aromatic heterocycles. The third-order valence-electron chi connectivity index (χ3n) is 2.27. The van der Waals surface area contributed by atoms with Gasteiger partial charge in [-0.2, -0.15) is 0 Å². The number of nitrogens with two attached hydrogens (primary N) is 1. The van der Waals surface area contributed by atoms with Crippen LogP contribution in [0.25, 0.3) is 0 Å². The van der Waals surface area contributed by atoms with Gasteiger partial charge in [0.1, 0.15) is 18.3 Å². The van der Waals surface area contributed by atoms with Crippen LogP contribution < -0.4 is 5.73 Å². The van der Waals surface area contributed by atoms with E-state index in [1.165, 1.54) is 0 Å². The second-order valence-electron chi connectivity index (χ2n) is 3.22. The molecule has 0 spiro atoms. The summed E-state index contributed by atoms with van der Waals surface area (Å²) < 4.78 is 4.67. The molecule has 1 saturated heterocycles. The van der Waals surface area contributed by atoms with E-state index in [0.29, 0.717) is 0 Å². The smallest absolute Gasteiger partial charge is 0.242 e. The molecule has 5 atom stereocenters. The third-order valence-corrected chi connectivity index (χ3v) is 2.27. The molecule has 1 unspecified atom stereocenters. The van der Waals surface area contributed by atoms with Crippen molar-refractivity contribution in [1.29, 1.82) is 0 Å². The molecule has 1 rings (SSSR count). The average Bonchev–Trinajstić information content (AvgIpc) is 2.20. The molecule has 0 saturated carbocycles. The lowest BCUT2D eigenvalue weighted by Crippen LogP contribution is -2.69. The highest BCUT2D eigenvalue weighted by Gasteiger charge is 2.51. The van der Waals surface area contributed by atoms with E-state index in [1.807, 2.05) is 0 Å². The van der Waals surface area contributed by atoms with Gasteiger partial charge in [0.15, 0.2) is 6.29 Å². The van der Waals surface area contributed by atoms with Crippen molar-refractivity contribution >= 4 is 6.29 Å². The topological polar surface area (TPSA) is 133 Å². The Kier molecular flexibility index (Phi) is 3.20. The van der Waals surface area contributed by atoms with E-state index in [0.717, 1.165) is 0 Å². The van der Waals surface area contributed by atoms with Crippen LogP contribution in [-0.4, -0.2) is 63.5 Å². The first-order chi connectivity index (χ1) is 6.46. The number of carbonyl (C=O) groups excluding carboxylic acids is 1. The zero-order chi connectivity index (χ0) is 10.9. The second-order valence-corrected chi connectivity index (χ2v) is 3.22. The Morgan fingerprint density at radius 2 is 2.00 bits per heavy atom. The van der Waals surface area contributed by atoms with Crippen molar-refractivity contribution in [1.82, 2.24) is 0 Å². The van der Waals surface area contributed by atoms with E-state index in [4.69, 9.17) is 10.8 Å². The van der Waals surface area contributed by atoms with Crippen LogP contribution in [0.15, 0.2) is 0 Å². The van der Waals surface area contributed by atoms with Gasteiger partial charge >= 0.3 is 0 Å². The molecule has 1 aliphatic rings. The standard InChI is InChI=1S/C7H13NO6/c8-6-5(12)4(11)3(1-9)14-7(6,13)2-10/h2-6,9,11-13H,1,8H2/t3-,4-,5+,6-,7?/m1/s1. The fourth-order valence-corrected chi connectivity index (χ4v) is 1.32. The first kappa shape index (κ1) is 11.5. The fourth-order valence-electron chi connectivity index (χ4n) is 1.32. The maximum absolute atomic E-state index is 10.5. The molecule has 1 fully saturated rings. The van der Waals surface area contributed by atoms with Crippen LogP contribution >= 0.6 is 0 Å². The van der Waals surface area contributed by atoms with Gasteiger partial charge in [0.25, 0.3) is 0 Å². The van der Waals surface area contributed by atoms with Crippen LogP contribution in [0.2, 0.25) is 0 Å². The van der Waals surface area contributed by atoms with Gasteiger partial charge in [-0.25, -0.2) is 0 Å². The van der Waals surface area contributed by atoms with Crippen LogP contribution in [0.1, 0.15) is 0 Å².